The Bertz CT molecular complexity index is 466. The van der Waals surface area contributed by atoms with Crippen LogP contribution in [0.15, 0.2) is 12.3 Å². The zero-order chi connectivity index (χ0) is 12.3. The van der Waals surface area contributed by atoms with E-state index < -0.39 is 5.97 Å². The number of hydrogen-bond acceptors (Lipinski definition) is 2. The van der Waals surface area contributed by atoms with Crippen LogP contribution in [0.4, 0.5) is 0 Å². The van der Waals surface area contributed by atoms with Crippen LogP contribution >= 0.6 is 0 Å². The fourth-order valence-corrected chi connectivity index (χ4v) is 4.95. The number of aromatic nitrogens is 2. The zero-order valence-corrected chi connectivity index (χ0v) is 10.3. The molecule has 1 heterocycles. The van der Waals surface area contributed by atoms with E-state index >= 15 is 0 Å². The Kier molecular flexibility index (Phi) is 2.11. The van der Waals surface area contributed by atoms with Gasteiger partial charge in [-0.25, -0.2) is 4.79 Å². The predicted molar refractivity (Wildman–Crippen MR) is 65.3 cm³/mol. The van der Waals surface area contributed by atoms with Crippen molar-refractivity contribution in [2.45, 2.75) is 38.1 Å². The minimum absolute atomic E-state index is 0.184. The van der Waals surface area contributed by atoms with E-state index in [1.165, 1.54) is 32.1 Å². The van der Waals surface area contributed by atoms with Gasteiger partial charge in [0.15, 0.2) is 5.69 Å². The third-order valence-electron chi connectivity index (χ3n) is 5.31. The van der Waals surface area contributed by atoms with Crippen molar-refractivity contribution in [1.29, 1.82) is 0 Å². The Hall–Kier alpha value is -1.32. The van der Waals surface area contributed by atoms with Crippen LogP contribution in [-0.2, 0) is 0 Å². The Labute approximate surface area is 106 Å². The normalized spacial score (nSPS) is 41.2. The maximum Gasteiger partial charge on any atom is 0.356 e. The number of rotatable bonds is 2. The number of nitrogens with zero attached hydrogens (tertiary/aromatic N) is 2. The quantitative estimate of drug-likeness (QED) is 0.872. The van der Waals surface area contributed by atoms with Crippen LogP contribution in [0.1, 0.15) is 48.6 Å². The average molecular weight is 246 g/mol. The lowest BCUT2D eigenvalue weighted by Gasteiger charge is -2.54. The summed E-state index contributed by atoms with van der Waals surface area (Å²) >= 11 is 0. The highest BCUT2D eigenvalue weighted by molar-refractivity contribution is 5.85. The van der Waals surface area contributed by atoms with Crippen molar-refractivity contribution in [3.05, 3.63) is 18.0 Å². The summed E-state index contributed by atoms with van der Waals surface area (Å²) in [7, 11) is 0. The molecule has 0 aliphatic heterocycles. The lowest BCUT2D eigenvalue weighted by Crippen LogP contribution is -2.46. The molecule has 0 radical (unpaired) electrons. The SMILES string of the molecule is O=C(O)c1ccn(C2C3CC4CC(C3)CC2C4)n1. The lowest BCUT2D eigenvalue weighted by atomic mass is 9.54. The van der Waals surface area contributed by atoms with Gasteiger partial charge in [-0.05, 0) is 61.8 Å². The first-order chi connectivity index (χ1) is 8.70. The summed E-state index contributed by atoms with van der Waals surface area (Å²) in [5.41, 5.74) is 0.184. The van der Waals surface area contributed by atoms with Crippen molar-refractivity contribution >= 4 is 5.97 Å². The smallest absolute Gasteiger partial charge is 0.356 e. The van der Waals surface area contributed by atoms with E-state index in [4.69, 9.17) is 5.11 Å². The van der Waals surface area contributed by atoms with E-state index in [1.54, 1.807) is 6.07 Å². The van der Waals surface area contributed by atoms with Crippen LogP contribution in [0.2, 0.25) is 0 Å². The van der Waals surface area contributed by atoms with Gasteiger partial charge in [-0.3, -0.25) is 4.68 Å². The Morgan fingerprint density at radius 3 is 2.28 bits per heavy atom. The van der Waals surface area contributed by atoms with Gasteiger partial charge in [0.1, 0.15) is 0 Å². The summed E-state index contributed by atoms with van der Waals surface area (Å²) in [6.07, 6.45) is 8.65. The number of carbonyl (C=O) groups is 1. The summed E-state index contributed by atoms with van der Waals surface area (Å²) < 4.78 is 1.95. The molecule has 18 heavy (non-hydrogen) atoms. The van der Waals surface area contributed by atoms with Crippen molar-refractivity contribution in [1.82, 2.24) is 9.78 Å². The lowest BCUT2D eigenvalue weighted by molar-refractivity contribution is -0.0337. The van der Waals surface area contributed by atoms with Gasteiger partial charge >= 0.3 is 5.97 Å². The van der Waals surface area contributed by atoms with Crippen LogP contribution in [-0.4, -0.2) is 20.9 Å². The molecule has 4 bridgehead atoms. The highest BCUT2D eigenvalue weighted by atomic mass is 16.4. The summed E-state index contributed by atoms with van der Waals surface area (Å²) in [5.74, 6) is 2.44. The fourth-order valence-electron chi connectivity index (χ4n) is 4.95. The topological polar surface area (TPSA) is 55.1 Å². The molecule has 4 saturated carbocycles. The molecule has 0 atom stereocenters. The van der Waals surface area contributed by atoms with Crippen LogP contribution in [0.25, 0.3) is 0 Å². The van der Waals surface area contributed by atoms with Gasteiger partial charge in [0.2, 0.25) is 0 Å². The highest BCUT2D eigenvalue weighted by Crippen LogP contribution is 2.58. The number of aromatic carboxylic acids is 1. The number of carboxylic acids is 1. The third-order valence-corrected chi connectivity index (χ3v) is 5.31. The molecular formula is C14H18N2O2. The number of carboxylic acid groups (broad SMARTS) is 1. The van der Waals surface area contributed by atoms with Crippen molar-refractivity contribution in [2.24, 2.45) is 23.7 Å². The van der Waals surface area contributed by atoms with Crippen molar-refractivity contribution < 1.29 is 9.90 Å². The van der Waals surface area contributed by atoms with Gasteiger partial charge in [-0.15, -0.1) is 0 Å². The Morgan fingerprint density at radius 2 is 1.78 bits per heavy atom. The molecule has 0 aromatic carbocycles. The molecule has 1 aromatic rings. The van der Waals surface area contributed by atoms with Crippen LogP contribution < -0.4 is 0 Å². The fraction of sp³-hybridized carbons (Fsp3) is 0.714. The van der Waals surface area contributed by atoms with Gasteiger partial charge in [-0.2, -0.15) is 5.10 Å². The average Bonchev–Trinajstić information content (AvgIpc) is 2.77. The zero-order valence-electron chi connectivity index (χ0n) is 10.3. The molecular weight excluding hydrogens is 228 g/mol. The number of hydrogen-bond donors (Lipinski definition) is 1. The summed E-state index contributed by atoms with van der Waals surface area (Å²) in [6.45, 7) is 0. The molecule has 1 N–H and O–H groups in total. The minimum atomic E-state index is -0.919. The second kappa shape index (κ2) is 3.59. The monoisotopic (exact) mass is 246 g/mol. The molecule has 1 aromatic heterocycles. The molecule has 4 aliphatic rings. The Morgan fingerprint density at radius 1 is 1.17 bits per heavy atom. The second-order valence-electron chi connectivity index (χ2n) is 6.41. The largest absolute Gasteiger partial charge is 0.476 e. The van der Waals surface area contributed by atoms with E-state index in [0.717, 1.165) is 23.7 Å². The maximum atomic E-state index is 10.9. The van der Waals surface area contributed by atoms with Gasteiger partial charge in [0, 0.05) is 6.20 Å². The molecule has 0 saturated heterocycles. The maximum absolute atomic E-state index is 10.9. The summed E-state index contributed by atoms with van der Waals surface area (Å²) in [5, 5.41) is 13.2. The summed E-state index contributed by atoms with van der Waals surface area (Å²) in [4.78, 5) is 10.9. The first-order valence-electron chi connectivity index (χ1n) is 6.99. The van der Waals surface area contributed by atoms with Gasteiger partial charge in [0.25, 0.3) is 0 Å². The molecule has 4 fully saturated rings. The van der Waals surface area contributed by atoms with E-state index in [9.17, 15) is 4.79 Å². The predicted octanol–water partition coefficient (Wildman–Crippen LogP) is 2.58. The van der Waals surface area contributed by atoms with Crippen LogP contribution in [0.3, 0.4) is 0 Å². The molecule has 0 spiro atoms. The van der Waals surface area contributed by atoms with E-state index in [-0.39, 0.29) is 5.69 Å². The standard InChI is InChI=1S/C14H18N2O2/c17-14(18)12-1-2-16(15-12)13-10-4-8-3-9(6-10)7-11(13)5-8/h1-2,8-11,13H,3-7H2,(H,17,18). The van der Waals surface area contributed by atoms with Gasteiger partial charge < -0.3 is 5.11 Å². The molecule has 96 valence electrons. The van der Waals surface area contributed by atoms with Gasteiger partial charge in [0.05, 0.1) is 6.04 Å². The summed E-state index contributed by atoms with van der Waals surface area (Å²) in [6, 6.07) is 2.10. The van der Waals surface area contributed by atoms with Crippen molar-refractivity contribution in [3.63, 3.8) is 0 Å². The minimum Gasteiger partial charge on any atom is -0.476 e. The molecule has 5 rings (SSSR count). The van der Waals surface area contributed by atoms with Gasteiger partial charge in [-0.1, -0.05) is 0 Å². The Balaban J connectivity index is 1.66. The van der Waals surface area contributed by atoms with Crippen LogP contribution in [0.5, 0.6) is 0 Å². The second-order valence-corrected chi connectivity index (χ2v) is 6.41. The van der Waals surface area contributed by atoms with E-state index in [2.05, 4.69) is 5.10 Å². The molecule has 4 aliphatic carbocycles. The van der Waals surface area contributed by atoms with Crippen LogP contribution in [0, 0.1) is 23.7 Å². The van der Waals surface area contributed by atoms with E-state index in [1.807, 2.05) is 10.9 Å². The highest BCUT2D eigenvalue weighted by Gasteiger charge is 2.49. The van der Waals surface area contributed by atoms with Crippen molar-refractivity contribution in [2.75, 3.05) is 0 Å². The third kappa shape index (κ3) is 1.44. The van der Waals surface area contributed by atoms with Crippen molar-refractivity contribution in [3.8, 4) is 0 Å². The molecule has 4 nitrogen and oxygen atoms in total. The molecule has 0 unspecified atom stereocenters. The first kappa shape index (κ1) is 10.6. The molecule has 4 heteroatoms. The van der Waals surface area contributed by atoms with E-state index in [0.29, 0.717) is 6.04 Å². The molecule has 0 amide bonds. The first-order valence-corrected chi connectivity index (χ1v) is 6.99.